The first-order valence-electron chi connectivity index (χ1n) is 5.84. The molecule has 0 saturated heterocycles. The monoisotopic (exact) mass is 448 g/mol. The van der Waals surface area contributed by atoms with Crippen molar-refractivity contribution < 1.29 is 22.9 Å². The van der Waals surface area contributed by atoms with Crippen LogP contribution in [0.25, 0.3) is 11.1 Å². The van der Waals surface area contributed by atoms with Crippen LogP contribution in [-0.2, 0) is 10.1 Å². The van der Waals surface area contributed by atoms with Gasteiger partial charge in [-0.3, -0.25) is 4.55 Å². The van der Waals surface area contributed by atoms with E-state index in [0.717, 1.165) is 18.2 Å². The van der Waals surface area contributed by atoms with Crippen LogP contribution in [0.5, 0.6) is 0 Å². The Hall–Kier alpha value is -0.730. The van der Waals surface area contributed by atoms with Gasteiger partial charge in [0.05, 0.1) is 30.7 Å². The van der Waals surface area contributed by atoms with Crippen LogP contribution in [0, 0.1) is 0 Å². The lowest BCUT2D eigenvalue weighted by molar-refractivity contribution is 0.0697. The summed E-state index contributed by atoms with van der Waals surface area (Å²) >= 11 is 29.9. The molecule has 2 N–H and O–H groups in total. The van der Waals surface area contributed by atoms with Gasteiger partial charge in [0.15, 0.2) is 0 Å². The number of benzene rings is 2. The van der Waals surface area contributed by atoms with Crippen LogP contribution >= 0.6 is 58.0 Å². The lowest BCUT2D eigenvalue weighted by Gasteiger charge is -2.16. The van der Waals surface area contributed by atoms with E-state index in [1.807, 2.05) is 0 Å². The largest absolute Gasteiger partial charge is 0.478 e. The molecule has 0 saturated carbocycles. The first-order valence-corrected chi connectivity index (χ1v) is 9.17. The van der Waals surface area contributed by atoms with Gasteiger partial charge in [0, 0.05) is 11.1 Å². The van der Waals surface area contributed by atoms with Gasteiger partial charge in [-0.05, 0) is 12.1 Å². The van der Waals surface area contributed by atoms with Gasteiger partial charge in [-0.25, -0.2) is 4.79 Å². The van der Waals surface area contributed by atoms with Gasteiger partial charge in [-0.2, -0.15) is 8.42 Å². The van der Waals surface area contributed by atoms with E-state index < -0.39 is 32.1 Å². The highest BCUT2D eigenvalue weighted by Crippen LogP contribution is 2.50. The van der Waals surface area contributed by atoms with Crippen molar-refractivity contribution in [3.05, 3.63) is 48.9 Å². The summed E-state index contributed by atoms with van der Waals surface area (Å²) in [4.78, 5) is 10.8. The Bertz CT molecular complexity index is 942. The van der Waals surface area contributed by atoms with Crippen molar-refractivity contribution >= 4 is 74.1 Å². The van der Waals surface area contributed by atoms with Gasteiger partial charge in [0.2, 0.25) is 0 Å². The molecule has 0 atom stereocenters. The average molecular weight is 451 g/mol. The first kappa shape index (κ1) is 19.6. The van der Waals surface area contributed by atoms with Crippen molar-refractivity contribution in [2.24, 2.45) is 0 Å². The van der Waals surface area contributed by atoms with Crippen molar-refractivity contribution in [2.45, 2.75) is 4.90 Å². The average Bonchev–Trinajstić information content (AvgIpc) is 2.50. The predicted molar refractivity (Wildman–Crippen MR) is 93.7 cm³/mol. The van der Waals surface area contributed by atoms with E-state index in [2.05, 4.69) is 0 Å². The number of hydrogen-bond acceptors (Lipinski definition) is 3. The molecule has 2 aromatic carbocycles. The number of carboxylic acids is 1. The van der Waals surface area contributed by atoms with E-state index >= 15 is 0 Å². The fourth-order valence-corrected chi connectivity index (χ4v) is 4.05. The number of aromatic carboxylic acids is 1. The maximum Gasteiger partial charge on any atom is 0.336 e. The minimum absolute atomic E-state index is 0.182. The van der Waals surface area contributed by atoms with Crippen LogP contribution < -0.4 is 0 Å². The molecule has 0 spiro atoms. The molecule has 0 aromatic heterocycles. The highest BCUT2D eigenvalue weighted by atomic mass is 35.5. The molecule has 5 nitrogen and oxygen atoms in total. The topological polar surface area (TPSA) is 91.7 Å². The molecule has 0 heterocycles. The molecule has 0 aliphatic rings. The summed E-state index contributed by atoms with van der Waals surface area (Å²) in [5.74, 6) is -1.48. The summed E-state index contributed by atoms with van der Waals surface area (Å²) < 4.78 is 32.7. The maximum absolute atomic E-state index is 11.6. The Morgan fingerprint density at radius 2 is 1.29 bits per heavy atom. The molecule has 0 aliphatic carbocycles. The highest BCUT2D eigenvalue weighted by Gasteiger charge is 2.29. The van der Waals surface area contributed by atoms with Gasteiger partial charge in [0.25, 0.3) is 10.1 Å². The summed E-state index contributed by atoms with van der Waals surface area (Å²) in [5, 5.41) is 8.04. The van der Waals surface area contributed by atoms with E-state index in [0.29, 0.717) is 0 Å². The van der Waals surface area contributed by atoms with Crippen LogP contribution in [0.15, 0.2) is 23.1 Å². The van der Waals surface area contributed by atoms with Crippen LogP contribution in [-0.4, -0.2) is 24.0 Å². The third-order valence-corrected chi connectivity index (χ3v) is 6.17. The lowest BCUT2D eigenvalue weighted by Crippen LogP contribution is -2.08. The molecule has 0 unspecified atom stereocenters. The molecule has 2 aromatic rings. The summed E-state index contributed by atoms with van der Waals surface area (Å²) in [6.07, 6.45) is 0. The number of hydrogen-bond donors (Lipinski definition) is 2. The zero-order valence-corrected chi connectivity index (χ0v) is 15.7. The summed E-state index contributed by atoms with van der Waals surface area (Å²) in [6.45, 7) is 0. The Balaban J connectivity index is 3.11. The van der Waals surface area contributed by atoms with Crippen molar-refractivity contribution in [3.63, 3.8) is 0 Å². The van der Waals surface area contributed by atoms with Crippen LogP contribution in [0.2, 0.25) is 25.1 Å². The third kappa shape index (κ3) is 3.32. The van der Waals surface area contributed by atoms with E-state index in [4.69, 9.17) is 58.0 Å². The second-order valence-electron chi connectivity index (χ2n) is 4.40. The second kappa shape index (κ2) is 6.88. The molecule has 0 bridgehead atoms. The fourth-order valence-electron chi connectivity index (χ4n) is 2.01. The molecule has 11 heteroatoms. The van der Waals surface area contributed by atoms with Gasteiger partial charge >= 0.3 is 5.97 Å². The van der Waals surface area contributed by atoms with Gasteiger partial charge in [-0.1, -0.05) is 64.1 Å². The predicted octanol–water partition coefficient (Wildman–Crippen LogP) is 5.57. The molecule has 0 amide bonds. The number of carbonyl (C=O) groups is 1. The molecule has 24 heavy (non-hydrogen) atoms. The molecule has 128 valence electrons. The Kier molecular flexibility index (Phi) is 5.62. The van der Waals surface area contributed by atoms with E-state index in [-0.39, 0.29) is 30.7 Å². The van der Waals surface area contributed by atoms with Crippen molar-refractivity contribution in [3.8, 4) is 11.1 Å². The quantitative estimate of drug-likeness (QED) is 0.363. The van der Waals surface area contributed by atoms with E-state index in [1.54, 1.807) is 0 Å². The summed E-state index contributed by atoms with van der Waals surface area (Å²) in [6, 6.07) is 3.23. The van der Waals surface area contributed by atoms with Gasteiger partial charge in [-0.15, -0.1) is 0 Å². The van der Waals surface area contributed by atoms with Crippen molar-refractivity contribution in [1.82, 2.24) is 0 Å². The number of carboxylic acid groups (broad SMARTS) is 1. The molecule has 0 radical (unpaired) electrons. The minimum Gasteiger partial charge on any atom is -0.478 e. The van der Waals surface area contributed by atoms with Gasteiger partial charge in [0.1, 0.15) is 4.90 Å². The third-order valence-electron chi connectivity index (χ3n) is 2.99. The smallest absolute Gasteiger partial charge is 0.336 e. The summed E-state index contributed by atoms with van der Waals surface area (Å²) in [7, 11) is -4.81. The Morgan fingerprint density at radius 1 is 0.833 bits per heavy atom. The zero-order valence-electron chi connectivity index (χ0n) is 11.1. The highest BCUT2D eigenvalue weighted by molar-refractivity contribution is 7.86. The molecule has 2 rings (SSSR count). The fraction of sp³-hybridized carbons (Fsp3) is 0. The minimum atomic E-state index is -4.81. The molecule has 0 aliphatic heterocycles. The van der Waals surface area contributed by atoms with Crippen LogP contribution in [0.1, 0.15) is 10.4 Å². The lowest BCUT2D eigenvalue weighted by atomic mass is 9.99. The first-order chi connectivity index (χ1) is 11.0. The number of rotatable bonds is 3. The maximum atomic E-state index is 11.6. The number of halogens is 5. The standard InChI is InChI=1S/C13H5Cl5O5S/c14-8-7(9(15)11(17)12(18)10(8)16)6-4(13(19)20)2-1-3-5(6)24(21,22)23/h1-3H,(H,19,20)(H,21,22,23). The molecular weight excluding hydrogens is 445 g/mol. The van der Waals surface area contributed by atoms with Crippen molar-refractivity contribution in [1.29, 1.82) is 0 Å². The zero-order chi connectivity index (χ0) is 18.4. The van der Waals surface area contributed by atoms with Crippen molar-refractivity contribution in [2.75, 3.05) is 0 Å². The Morgan fingerprint density at radius 3 is 1.71 bits per heavy atom. The summed E-state index contributed by atoms with van der Waals surface area (Å²) in [5.41, 5.74) is -1.21. The molecule has 0 fully saturated rings. The van der Waals surface area contributed by atoms with E-state index in [1.165, 1.54) is 0 Å². The van der Waals surface area contributed by atoms with Crippen LogP contribution in [0.4, 0.5) is 0 Å². The molecular formula is C13H5Cl5O5S. The van der Waals surface area contributed by atoms with Crippen LogP contribution in [0.3, 0.4) is 0 Å². The SMILES string of the molecule is O=C(O)c1cccc(S(=O)(=O)O)c1-c1c(Cl)c(Cl)c(Cl)c(Cl)c1Cl. The Labute approximate surface area is 161 Å². The van der Waals surface area contributed by atoms with Gasteiger partial charge < -0.3 is 5.11 Å². The second-order valence-corrected chi connectivity index (χ2v) is 7.68. The van der Waals surface area contributed by atoms with E-state index in [9.17, 15) is 22.9 Å². The normalized spacial score (nSPS) is 11.6.